The maximum atomic E-state index is 12.9. The van der Waals surface area contributed by atoms with Crippen molar-refractivity contribution in [2.24, 2.45) is 5.92 Å². The zero-order valence-electron chi connectivity index (χ0n) is 18.4. The van der Waals surface area contributed by atoms with Gasteiger partial charge in [-0.1, -0.05) is 43.7 Å². The van der Waals surface area contributed by atoms with Gasteiger partial charge in [0.25, 0.3) is 5.91 Å². The van der Waals surface area contributed by atoms with Gasteiger partial charge in [-0.2, -0.15) is 0 Å². The van der Waals surface area contributed by atoms with Crippen molar-refractivity contribution in [2.45, 2.75) is 33.7 Å². The molecule has 0 saturated heterocycles. The lowest BCUT2D eigenvalue weighted by molar-refractivity contribution is -0.119. The predicted octanol–water partition coefficient (Wildman–Crippen LogP) is 4.47. The third-order valence-electron chi connectivity index (χ3n) is 4.78. The van der Waals surface area contributed by atoms with Gasteiger partial charge in [0.05, 0.1) is 5.69 Å². The number of rotatable bonds is 7. The quantitative estimate of drug-likeness (QED) is 0.494. The molecule has 0 spiro atoms. The topological polar surface area (TPSA) is 100 Å². The molecular weight excluding hydrogens is 424 g/mol. The van der Waals surface area contributed by atoms with Gasteiger partial charge >= 0.3 is 0 Å². The molecule has 166 valence electrons. The first-order chi connectivity index (χ1) is 15.2. The number of aryl methyl sites for hydroxylation is 1. The number of anilines is 2. The maximum absolute atomic E-state index is 12.9. The van der Waals surface area contributed by atoms with E-state index in [1.54, 1.807) is 24.3 Å². The average molecular weight is 451 g/mol. The molecule has 8 heteroatoms. The van der Waals surface area contributed by atoms with Crippen LogP contribution in [0.2, 0.25) is 0 Å². The highest BCUT2D eigenvalue weighted by molar-refractivity contribution is 7.14. The van der Waals surface area contributed by atoms with E-state index in [-0.39, 0.29) is 23.6 Å². The molecule has 3 aromatic rings. The highest BCUT2D eigenvalue weighted by atomic mass is 32.1. The molecule has 3 amide bonds. The minimum Gasteiger partial charge on any atom is -0.340 e. The fourth-order valence-electron chi connectivity index (χ4n) is 3.04. The number of nitrogens with one attached hydrogen (secondary N) is 3. The van der Waals surface area contributed by atoms with Gasteiger partial charge in [-0.15, -0.1) is 11.3 Å². The lowest BCUT2D eigenvalue weighted by Gasteiger charge is -2.21. The van der Waals surface area contributed by atoms with Crippen molar-refractivity contribution in [1.82, 2.24) is 10.3 Å². The van der Waals surface area contributed by atoms with E-state index in [9.17, 15) is 14.4 Å². The van der Waals surface area contributed by atoms with E-state index in [4.69, 9.17) is 0 Å². The van der Waals surface area contributed by atoms with E-state index in [1.165, 1.54) is 18.3 Å². The standard InChI is InChI=1S/C24H26N4O3S/c1-14(2)21(27-22(30)18-7-5-15(3)6-8-18)23(31)28-24-26-20(13-32-24)17-9-11-19(12-10-17)25-16(4)29/h5-14,21H,1-4H3,(H,25,29)(H,27,30)(H,26,28,31)/t21-/m0/s1. The molecule has 0 fully saturated rings. The van der Waals surface area contributed by atoms with Crippen LogP contribution in [0.4, 0.5) is 10.8 Å². The van der Waals surface area contributed by atoms with Crippen molar-refractivity contribution in [1.29, 1.82) is 0 Å². The van der Waals surface area contributed by atoms with Crippen LogP contribution in [0.5, 0.6) is 0 Å². The van der Waals surface area contributed by atoms with E-state index in [2.05, 4.69) is 20.9 Å². The summed E-state index contributed by atoms with van der Waals surface area (Å²) in [4.78, 5) is 41.1. The zero-order chi connectivity index (χ0) is 23.3. The normalized spacial score (nSPS) is 11.7. The second kappa shape index (κ2) is 10.2. The summed E-state index contributed by atoms with van der Waals surface area (Å²) in [7, 11) is 0. The van der Waals surface area contributed by atoms with Crippen molar-refractivity contribution in [3.63, 3.8) is 0 Å². The fourth-order valence-corrected chi connectivity index (χ4v) is 3.76. The summed E-state index contributed by atoms with van der Waals surface area (Å²) in [6, 6.07) is 13.8. The molecule has 32 heavy (non-hydrogen) atoms. The summed E-state index contributed by atoms with van der Waals surface area (Å²) in [5.41, 5.74) is 3.85. The highest BCUT2D eigenvalue weighted by Crippen LogP contribution is 2.26. The van der Waals surface area contributed by atoms with Gasteiger partial charge in [0.1, 0.15) is 6.04 Å². The van der Waals surface area contributed by atoms with Gasteiger partial charge in [0.2, 0.25) is 11.8 Å². The number of aromatic nitrogens is 1. The van der Waals surface area contributed by atoms with E-state index in [0.717, 1.165) is 11.1 Å². The van der Waals surface area contributed by atoms with E-state index in [1.807, 2.05) is 50.4 Å². The second-order valence-electron chi connectivity index (χ2n) is 7.85. The van der Waals surface area contributed by atoms with Crippen molar-refractivity contribution in [3.8, 4) is 11.3 Å². The van der Waals surface area contributed by atoms with Crippen molar-refractivity contribution in [3.05, 3.63) is 65.0 Å². The number of carbonyl (C=O) groups excluding carboxylic acids is 3. The number of hydrogen-bond acceptors (Lipinski definition) is 5. The Bertz CT molecular complexity index is 1110. The Kier molecular flexibility index (Phi) is 7.37. The minimum absolute atomic E-state index is 0.106. The number of nitrogens with zero attached hydrogens (tertiary/aromatic N) is 1. The van der Waals surface area contributed by atoms with Crippen LogP contribution in [0.15, 0.2) is 53.9 Å². The lowest BCUT2D eigenvalue weighted by Crippen LogP contribution is -2.47. The van der Waals surface area contributed by atoms with Crippen LogP contribution in [0.1, 0.15) is 36.7 Å². The van der Waals surface area contributed by atoms with Crippen LogP contribution < -0.4 is 16.0 Å². The summed E-state index contributed by atoms with van der Waals surface area (Å²) >= 11 is 1.31. The molecule has 1 aromatic heterocycles. The van der Waals surface area contributed by atoms with Crippen molar-refractivity contribution < 1.29 is 14.4 Å². The zero-order valence-corrected chi connectivity index (χ0v) is 19.2. The van der Waals surface area contributed by atoms with Crippen LogP contribution in [0.25, 0.3) is 11.3 Å². The molecule has 3 rings (SSSR count). The maximum Gasteiger partial charge on any atom is 0.251 e. The Hall–Kier alpha value is -3.52. The molecule has 1 atom stereocenters. The fraction of sp³-hybridized carbons (Fsp3) is 0.250. The Balaban J connectivity index is 1.67. The highest BCUT2D eigenvalue weighted by Gasteiger charge is 2.25. The van der Waals surface area contributed by atoms with Gasteiger partial charge in [0.15, 0.2) is 5.13 Å². The first-order valence-electron chi connectivity index (χ1n) is 10.2. The summed E-state index contributed by atoms with van der Waals surface area (Å²) in [6.45, 7) is 7.16. The minimum atomic E-state index is -0.701. The van der Waals surface area contributed by atoms with E-state index >= 15 is 0 Å². The molecule has 0 saturated carbocycles. The largest absolute Gasteiger partial charge is 0.340 e. The van der Waals surface area contributed by atoms with E-state index < -0.39 is 6.04 Å². The Morgan fingerprint density at radius 1 is 0.938 bits per heavy atom. The third-order valence-corrected chi connectivity index (χ3v) is 5.54. The average Bonchev–Trinajstić information content (AvgIpc) is 3.20. The molecule has 0 aliphatic rings. The number of amides is 3. The number of benzene rings is 2. The molecule has 0 radical (unpaired) electrons. The SMILES string of the molecule is CC(=O)Nc1ccc(-c2csc(NC(=O)[C@@H](NC(=O)c3ccc(C)cc3)C(C)C)n2)cc1. The summed E-state index contributed by atoms with van der Waals surface area (Å²) < 4.78 is 0. The van der Waals surface area contributed by atoms with Gasteiger partial charge in [-0.05, 0) is 37.1 Å². The molecule has 3 N–H and O–H groups in total. The van der Waals surface area contributed by atoms with Crippen LogP contribution >= 0.6 is 11.3 Å². The van der Waals surface area contributed by atoms with Crippen LogP contribution in [0.3, 0.4) is 0 Å². The molecule has 2 aromatic carbocycles. The number of thiazole rings is 1. The Morgan fingerprint density at radius 3 is 2.19 bits per heavy atom. The van der Waals surface area contributed by atoms with Crippen molar-refractivity contribution >= 4 is 39.9 Å². The number of hydrogen-bond donors (Lipinski definition) is 3. The monoisotopic (exact) mass is 450 g/mol. The van der Waals surface area contributed by atoms with Crippen molar-refractivity contribution in [2.75, 3.05) is 10.6 Å². The van der Waals surface area contributed by atoms with Gasteiger partial charge in [0, 0.05) is 29.1 Å². The van der Waals surface area contributed by atoms with Gasteiger partial charge < -0.3 is 16.0 Å². The second-order valence-corrected chi connectivity index (χ2v) is 8.70. The van der Waals surface area contributed by atoms with Crippen LogP contribution in [-0.2, 0) is 9.59 Å². The first kappa shape index (κ1) is 23.1. The summed E-state index contributed by atoms with van der Waals surface area (Å²) in [6.07, 6.45) is 0. The van der Waals surface area contributed by atoms with Crippen LogP contribution in [-0.4, -0.2) is 28.7 Å². The summed E-state index contributed by atoms with van der Waals surface area (Å²) in [5.74, 6) is -0.851. The molecule has 1 heterocycles. The third kappa shape index (κ3) is 6.01. The first-order valence-corrected chi connectivity index (χ1v) is 11.1. The Morgan fingerprint density at radius 2 is 1.59 bits per heavy atom. The lowest BCUT2D eigenvalue weighted by atomic mass is 10.0. The molecular formula is C24H26N4O3S. The molecule has 7 nitrogen and oxygen atoms in total. The molecule has 0 unspecified atom stereocenters. The molecule has 0 bridgehead atoms. The van der Waals surface area contributed by atoms with Gasteiger partial charge in [-0.25, -0.2) is 4.98 Å². The van der Waals surface area contributed by atoms with Gasteiger partial charge in [-0.3, -0.25) is 14.4 Å². The summed E-state index contributed by atoms with van der Waals surface area (Å²) in [5, 5.41) is 10.7. The number of carbonyl (C=O) groups is 3. The molecule has 0 aliphatic heterocycles. The predicted molar refractivity (Wildman–Crippen MR) is 128 cm³/mol. The van der Waals surface area contributed by atoms with Crippen LogP contribution in [0, 0.1) is 12.8 Å². The molecule has 0 aliphatic carbocycles. The smallest absolute Gasteiger partial charge is 0.251 e. The Labute approximate surface area is 191 Å². The van der Waals surface area contributed by atoms with E-state index in [0.29, 0.717) is 22.1 Å².